The minimum absolute atomic E-state index is 0.139. The quantitative estimate of drug-likeness (QED) is 0.799. The highest BCUT2D eigenvalue weighted by atomic mass is 32.2. The van der Waals surface area contributed by atoms with E-state index >= 15 is 0 Å². The number of piperazine rings is 1. The molecule has 0 radical (unpaired) electrons. The summed E-state index contributed by atoms with van der Waals surface area (Å²) in [6, 6.07) is -0.201. The Balaban J connectivity index is 1.93. The van der Waals surface area contributed by atoms with E-state index in [1.54, 1.807) is 16.7 Å². The number of amides is 2. The van der Waals surface area contributed by atoms with Gasteiger partial charge in [-0.25, -0.2) is 0 Å². The van der Waals surface area contributed by atoms with E-state index in [4.69, 9.17) is 0 Å². The zero-order chi connectivity index (χ0) is 13.7. The van der Waals surface area contributed by atoms with Crippen molar-refractivity contribution in [2.45, 2.75) is 25.3 Å². The number of nitrogens with zero attached hydrogens (tertiary/aromatic N) is 2. The van der Waals surface area contributed by atoms with Crippen LogP contribution < -0.4 is 5.32 Å². The van der Waals surface area contributed by atoms with Crippen molar-refractivity contribution in [3.63, 3.8) is 0 Å². The van der Waals surface area contributed by atoms with E-state index in [2.05, 4.69) is 5.32 Å². The first-order chi connectivity index (χ1) is 9.24. The van der Waals surface area contributed by atoms with Gasteiger partial charge in [0.05, 0.1) is 0 Å². The van der Waals surface area contributed by atoms with Crippen LogP contribution in [-0.4, -0.2) is 72.4 Å². The second-order valence-corrected chi connectivity index (χ2v) is 6.05. The van der Waals surface area contributed by atoms with Crippen LogP contribution in [0.4, 0.5) is 0 Å². The molecule has 2 rings (SSSR count). The van der Waals surface area contributed by atoms with Crippen LogP contribution in [0.3, 0.4) is 0 Å². The number of hydrogen-bond acceptors (Lipinski definition) is 4. The lowest BCUT2D eigenvalue weighted by Crippen LogP contribution is -2.53. The monoisotopic (exact) mass is 285 g/mol. The standard InChI is InChI=1S/C13H23N3O2S/c1-19-10-4-12(17)16-7-2-3-11(16)13(18)15-8-5-14-6-9-15/h11,14H,2-10H2,1H3. The van der Waals surface area contributed by atoms with Gasteiger partial charge in [-0.15, -0.1) is 0 Å². The summed E-state index contributed by atoms with van der Waals surface area (Å²) in [7, 11) is 0. The maximum absolute atomic E-state index is 12.5. The number of hydrogen-bond donors (Lipinski definition) is 1. The van der Waals surface area contributed by atoms with Crippen molar-refractivity contribution in [3.05, 3.63) is 0 Å². The molecule has 6 heteroatoms. The highest BCUT2D eigenvalue weighted by molar-refractivity contribution is 7.98. The van der Waals surface area contributed by atoms with Crippen molar-refractivity contribution in [1.29, 1.82) is 0 Å². The van der Waals surface area contributed by atoms with Crippen LogP contribution in [0.5, 0.6) is 0 Å². The summed E-state index contributed by atoms with van der Waals surface area (Å²) >= 11 is 1.68. The third kappa shape index (κ3) is 3.63. The number of rotatable bonds is 4. The summed E-state index contributed by atoms with van der Waals surface area (Å²) < 4.78 is 0. The first kappa shape index (κ1) is 14.7. The Morgan fingerprint density at radius 3 is 2.68 bits per heavy atom. The predicted molar refractivity (Wildman–Crippen MR) is 77.2 cm³/mol. The summed E-state index contributed by atoms with van der Waals surface area (Å²) in [6.07, 6.45) is 4.33. The second kappa shape index (κ2) is 7.14. The second-order valence-electron chi connectivity index (χ2n) is 5.06. The normalized spacial score (nSPS) is 23.7. The molecule has 2 heterocycles. The molecule has 0 aromatic heterocycles. The van der Waals surface area contributed by atoms with Crippen molar-refractivity contribution in [1.82, 2.24) is 15.1 Å². The Bertz CT molecular complexity index is 332. The SMILES string of the molecule is CSCCC(=O)N1CCCC1C(=O)N1CCNCC1. The molecule has 108 valence electrons. The molecule has 0 spiro atoms. The molecule has 2 aliphatic heterocycles. The molecule has 0 aromatic rings. The number of carbonyl (C=O) groups is 2. The number of nitrogens with one attached hydrogen (secondary N) is 1. The smallest absolute Gasteiger partial charge is 0.245 e. The maximum Gasteiger partial charge on any atom is 0.245 e. The van der Waals surface area contributed by atoms with Gasteiger partial charge in [0.2, 0.25) is 11.8 Å². The highest BCUT2D eigenvalue weighted by Crippen LogP contribution is 2.21. The molecular weight excluding hydrogens is 262 g/mol. The van der Waals surface area contributed by atoms with Crippen molar-refractivity contribution in [3.8, 4) is 0 Å². The average Bonchev–Trinajstić information content (AvgIpc) is 2.94. The molecule has 2 saturated heterocycles. The first-order valence-corrected chi connectivity index (χ1v) is 8.41. The van der Waals surface area contributed by atoms with Gasteiger partial charge in [0.25, 0.3) is 0 Å². The number of carbonyl (C=O) groups excluding carboxylic acids is 2. The van der Waals surface area contributed by atoms with Crippen LogP contribution in [0.25, 0.3) is 0 Å². The van der Waals surface area contributed by atoms with Crippen molar-refractivity contribution in [2.24, 2.45) is 0 Å². The lowest BCUT2D eigenvalue weighted by molar-refractivity contribution is -0.144. The van der Waals surface area contributed by atoms with Crippen LogP contribution in [0.15, 0.2) is 0 Å². The largest absolute Gasteiger partial charge is 0.338 e. The van der Waals surface area contributed by atoms with Gasteiger partial charge in [0, 0.05) is 44.9 Å². The van der Waals surface area contributed by atoms with Gasteiger partial charge in [0.1, 0.15) is 6.04 Å². The van der Waals surface area contributed by atoms with E-state index in [9.17, 15) is 9.59 Å². The fourth-order valence-electron chi connectivity index (χ4n) is 2.75. The zero-order valence-electron chi connectivity index (χ0n) is 11.6. The third-order valence-corrected chi connectivity index (χ3v) is 4.42. The lowest BCUT2D eigenvalue weighted by atomic mass is 10.1. The summed E-state index contributed by atoms with van der Waals surface area (Å²) in [5.74, 6) is 1.13. The molecule has 1 atom stereocenters. The van der Waals surface area contributed by atoms with Crippen LogP contribution in [0, 0.1) is 0 Å². The molecule has 2 amide bonds. The zero-order valence-corrected chi connectivity index (χ0v) is 12.4. The summed E-state index contributed by atoms with van der Waals surface area (Å²) in [5.41, 5.74) is 0. The van der Waals surface area contributed by atoms with Gasteiger partial charge in [-0.05, 0) is 19.1 Å². The summed E-state index contributed by atoms with van der Waals surface area (Å²) in [6.45, 7) is 4.00. The molecule has 0 aliphatic carbocycles. The average molecular weight is 285 g/mol. The predicted octanol–water partition coefficient (Wildman–Crippen LogP) is 0.162. The fourth-order valence-corrected chi connectivity index (χ4v) is 3.13. The summed E-state index contributed by atoms with van der Waals surface area (Å²) in [5, 5.41) is 3.24. The van der Waals surface area contributed by atoms with Crippen molar-refractivity contribution < 1.29 is 9.59 Å². The molecule has 1 N–H and O–H groups in total. The molecule has 0 bridgehead atoms. The van der Waals surface area contributed by atoms with Gasteiger partial charge in [-0.3, -0.25) is 9.59 Å². The molecule has 0 saturated carbocycles. The molecule has 0 aromatic carbocycles. The Hall–Kier alpha value is -0.750. The van der Waals surface area contributed by atoms with E-state index in [-0.39, 0.29) is 17.9 Å². The first-order valence-electron chi connectivity index (χ1n) is 7.02. The maximum atomic E-state index is 12.5. The van der Waals surface area contributed by atoms with E-state index in [0.717, 1.165) is 51.3 Å². The Morgan fingerprint density at radius 1 is 1.26 bits per heavy atom. The Labute approximate surface area is 119 Å². The molecule has 5 nitrogen and oxygen atoms in total. The Kier molecular flexibility index (Phi) is 5.51. The topological polar surface area (TPSA) is 52.7 Å². The van der Waals surface area contributed by atoms with E-state index in [0.29, 0.717) is 6.42 Å². The molecule has 2 fully saturated rings. The highest BCUT2D eigenvalue weighted by Gasteiger charge is 2.36. The van der Waals surface area contributed by atoms with Crippen LogP contribution in [0.1, 0.15) is 19.3 Å². The van der Waals surface area contributed by atoms with Crippen LogP contribution >= 0.6 is 11.8 Å². The van der Waals surface area contributed by atoms with Gasteiger partial charge in [0.15, 0.2) is 0 Å². The third-order valence-electron chi connectivity index (χ3n) is 3.81. The molecule has 1 unspecified atom stereocenters. The van der Waals surface area contributed by atoms with Crippen LogP contribution in [-0.2, 0) is 9.59 Å². The van der Waals surface area contributed by atoms with E-state index in [1.165, 1.54) is 0 Å². The van der Waals surface area contributed by atoms with Gasteiger partial charge >= 0.3 is 0 Å². The van der Waals surface area contributed by atoms with E-state index in [1.807, 2.05) is 11.2 Å². The lowest BCUT2D eigenvalue weighted by Gasteiger charge is -2.33. The van der Waals surface area contributed by atoms with Gasteiger partial charge < -0.3 is 15.1 Å². The number of thioether (sulfide) groups is 1. The van der Waals surface area contributed by atoms with Crippen molar-refractivity contribution >= 4 is 23.6 Å². The minimum Gasteiger partial charge on any atom is -0.338 e. The fraction of sp³-hybridized carbons (Fsp3) is 0.846. The van der Waals surface area contributed by atoms with Crippen LogP contribution in [0.2, 0.25) is 0 Å². The molecular formula is C13H23N3O2S. The summed E-state index contributed by atoms with van der Waals surface area (Å²) in [4.78, 5) is 28.3. The Morgan fingerprint density at radius 2 is 2.00 bits per heavy atom. The number of likely N-dealkylation sites (tertiary alicyclic amines) is 1. The minimum atomic E-state index is -0.201. The van der Waals surface area contributed by atoms with E-state index < -0.39 is 0 Å². The van der Waals surface area contributed by atoms with Gasteiger partial charge in [-0.2, -0.15) is 11.8 Å². The molecule has 2 aliphatic rings. The molecule has 19 heavy (non-hydrogen) atoms. The van der Waals surface area contributed by atoms with Gasteiger partial charge in [-0.1, -0.05) is 0 Å². The van der Waals surface area contributed by atoms with Crippen molar-refractivity contribution in [2.75, 3.05) is 44.7 Å².